The summed E-state index contributed by atoms with van der Waals surface area (Å²) < 4.78 is 10.7. The number of methoxy groups -OCH3 is 1. The third-order valence-corrected chi connectivity index (χ3v) is 4.65. The van der Waals surface area contributed by atoms with Gasteiger partial charge in [-0.15, -0.1) is 11.8 Å². The first kappa shape index (κ1) is 16.7. The lowest BCUT2D eigenvalue weighted by atomic mass is 10.1. The Hall–Kier alpha value is -1.68. The number of esters is 1. The third kappa shape index (κ3) is 4.41. The second kappa shape index (κ2) is 8.08. The van der Waals surface area contributed by atoms with E-state index >= 15 is 0 Å². The molecular weight excluding hydrogens is 296 g/mol. The first-order valence-corrected chi connectivity index (χ1v) is 8.60. The van der Waals surface area contributed by atoms with E-state index in [2.05, 4.69) is 6.92 Å². The molecule has 0 spiro atoms. The van der Waals surface area contributed by atoms with Gasteiger partial charge < -0.3 is 9.47 Å². The fourth-order valence-electron chi connectivity index (χ4n) is 2.06. The second-order valence-corrected chi connectivity index (χ2v) is 6.61. The van der Waals surface area contributed by atoms with Crippen LogP contribution in [0, 0.1) is 0 Å². The summed E-state index contributed by atoms with van der Waals surface area (Å²) in [5.74, 6) is 2.17. The Kier molecular flexibility index (Phi) is 6.13. The lowest BCUT2D eigenvalue weighted by molar-refractivity contribution is -0.133. The van der Waals surface area contributed by atoms with Crippen LogP contribution < -0.4 is 9.47 Å². The number of carbonyl (C=O) groups is 1. The van der Waals surface area contributed by atoms with E-state index in [1.54, 1.807) is 18.9 Å². The number of rotatable bonds is 7. The number of hydrogen-bond acceptors (Lipinski definition) is 4. The summed E-state index contributed by atoms with van der Waals surface area (Å²) >= 11 is 1.64. The monoisotopic (exact) mass is 318 g/mol. The standard InChI is InChI=1S/C18H22O3S/c1-4-5-10-22-13(2)18(19)21-17-9-7-14-6-8-16(20-3)11-15(14)12-17/h6-9,11-13H,4-5,10H2,1-3H3. The van der Waals surface area contributed by atoms with E-state index in [1.807, 2.05) is 43.3 Å². The summed E-state index contributed by atoms with van der Waals surface area (Å²) in [6, 6.07) is 11.5. The molecule has 3 nitrogen and oxygen atoms in total. The van der Waals surface area contributed by atoms with Crippen LogP contribution in [0.1, 0.15) is 26.7 Å². The molecule has 0 aliphatic heterocycles. The Morgan fingerprint density at radius 2 is 1.82 bits per heavy atom. The fraction of sp³-hybridized carbons (Fsp3) is 0.389. The molecule has 0 saturated carbocycles. The van der Waals surface area contributed by atoms with Gasteiger partial charge in [-0.3, -0.25) is 4.79 Å². The molecule has 0 aliphatic carbocycles. The molecular formula is C18H22O3S. The van der Waals surface area contributed by atoms with Crippen molar-refractivity contribution in [3.8, 4) is 11.5 Å². The van der Waals surface area contributed by atoms with Crippen molar-refractivity contribution in [3.05, 3.63) is 36.4 Å². The summed E-state index contributed by atoms with van der Waals surface area (Å²) in [6.45, 7) is 4.04. The molecule has 0 aromatic heterocycles. The highest BCUT2D eigenvalue weighted by atomic mass is 32.2. The largest absolute Gasteiger partial charge is 0.497 e. The average Bonchev–Trinajstić information content (AvgIpc) is 2.54. The number of unbranched alkanes of at least 4 members (excludes halogenated alkanes) is 1. The Labute approximate surface area is 136 Å². The van der Waals surface area contributed by atoms with Gasteiger partial charge in [-0.1, -0.05) is 25.5 Å². The molecule has 2 aromatic carbocycles. The minimum absolute atomic E-state index is 0.146. The van der Waals surface area contributed by atoms with Crippen molar-refractivity contribution in [3.63, 3.8) is 0 Å². The maximum absolute atomic E-state index is 12.1. The van der Waals surface area contributed by atoms with Gasteiger partial charge in [-0.05, 0) is 54.1 Å². The highest BCUT2D eigenvalue weighted by Crippen LogP contribution is 2.26. The molecule has 118 valence electrons. The molecule has 2 aromatic rings. The predicted octanol–water partition coefficient (Wildman–Crippen LogP) is 4.68. The lowest BCUT2D eigenvalue weighted by Crippen LogP contribution is -2.20. The number of carbonyl (C=O) groups excluding carboxylic acids is 1. The normalized spacial score (nSPS) is 12.1. The molecule has 0 heterocycles. The van der Waals surface area contributed by atoms with Crippen molar-refractivity contribution >= 4 is 28.5 Å². The van der Waals surface area contributed by atoms with Crippen LogP contribution >= 0.6 is 11.8 Å². The van der Waals surface area contributed by atoms with Gasteiger partial charge in [-0.2, -0.15) is 0 Å². The van der Waals surface area contributed by atoms with E-state index in [4.69, 9.17) is 9.47 Å². The van der Waals surface area contributed by atoms with Crippen LogP contribution in [-0.4, -0.2) is 24.1 Å². The van der Waals surface area contributed by atoms with E-state index in [1.165, 1.54) is 0 Å². The molecule has 0 aliphatic rings. The van der Waals surface area contributed by atoms with Gasteiger partial charge in [0.15, 0.2) is 0 Å². The number of benzene rings is 2. The van der Waals surface area contributed by atoms with Crippen molar-refractivity contribution in [1.29, 1.82) is 0 Å². The number of hydrogen-bond donors (Lipinski definition) is 0. The lowest BCUT2D eigenvalue weighted by Gasteiger charge is -2.11. The molecule has 1 unspecified atom stereocenters. The van der Waals surface area contributed by atoms with Gasteiger partial charge in [-0.25, -0.2) is 0 Å². The van der Waals surface area contributed by atoms with Crippen LogP contribution in [0.5, 0.6) is 11.5 Å². The molecule has 0 radical (unpaired) electrons. The molecule has 2 rings (SSSR count). The van der Waals surface area contributed by atoms with E-state index in [-0.39, 0.29) is 11.2 Å². The van der Waals surface area contributed by atoms with E-state index in [9.17, 15) is 4.79 Å². The fourth-order valence-corrected chi connectivity index (χ4v) is 3.06. The first-order chi connectivity index (χ1) is 10.6. The molecule has 0 amide bonds. The van der Waals surface area contributed by atoms with Gasteiger partial charge in [0.2, 0.25) is 0 Å². The number of fused-ring (bicyclic) bond motifs is 1. The average molecular weight is 318 g/mol. The van der Waals surface area contributed by atoms with Crippen LogP contribution in [0.15, 0.2) is 36.4 Å². The van der Waals surface area contributed by atoms with E-state index < -0.39 is 0 Å². The van der Waals surface area contributed by atoms with Crippen LogP contribution in [0.25, 0.3) is 10.8 Å². The summed E-state index contributed by atoms with van der Waals surface area (Å²) in [7, 11) is 1.64. The van der Waals surface area contributed by atoms with Crippen LogP contribution in [0.4, 0.5) is 0 Å². The molecule has 4 heteroatoms. The van der Waals surface area contributed by atoms with Gasteiger partial charge in [0, 0.05) is 0 Å². The zero-order chi connectivity index (χ0) is 15.9. The van der Waals surface area contributed by atoms with Gasteiger partial charge >= 0.3 is 5.97 Å². The van der Waals surface area contributed by atoms with Gasteiger partial charge in [0.05, 0.1) is 7.11 Å². The molecule has 0 N–H and O–H groups in total. The van der Waals surface area contributed by atoms with Gasteiger partial charge in [0.1, 0.15) is 16.7 Å². The molecule has 0 bridgehead atoms. The molecule has 0 saturated heterocycles. The Balaban J connectivity index is 2.05. The predicted molar refractivity (Wildman–Crippen MR) is 93.0 cm³/mol. The van der Waals surface area contributed by atoms with Crippen molar-refractivity contribution in [2.45, 2.75) is 31.9 Å². The third-order valence-electron chi connectivity index (χ3n) is 3.43. The Bertz CT molecular complexity index is 639. The van der Waals surface area contributed by atoms with Crippen molar-refractivity contribution in [2.24, 2.45) is 0 Å². The molecule has 1 atom stereocenters. The smallest absolute Gasteiger partial charge is 0.324 e. The first-order valence-electron chi connectivity index (χ1n) is 7.55. The number of ether oxygens (including phenoxy) is 2. The van der Waals surface area contributed by atoms with Gasteiger partial charge in [0.25, 0.3) is 0 Å². The summed E-state index contributed by atoms with van der Waals surface area (Å²) in [5.41, 5.74) is 0. The zero-order valence-corrected chi connectivity index (χ0v) is 14.1. The highest BCUT2D eigenvalue weighted by Gasteiger charge is 2.15. The molecule has 0 fully saturated rings. The highest BCUT2D eigenvalue weighted by molar-refractivity contribution is 8.00. The van der Waals surface area contributed by atoms with Crippen molar-refractivity contribution in [1.82, 2.24) is 0 Å². The van der Waals surface area contributed by atoms with Crippen LogP contribution in [-0.2, 0) is 4.79 Å². The maximum atomic E-state index is 12.1. The Morgan fingerprint density at radius 3 is 2.50 bits per heavy atom. The SMILES string of the molecule is CCCCSC(C)C(=O)Oc1ccc2ccc(OC)cc2c1. The van der Waals surface area contributed by atoms with Crippen molar-refractivity contribution in [2.75, 3.05) is 12.9 Å². The molecule has 22 heavy (non-hydrogen) atoms. The quantitative estimate of drug-likeness (QED) is 0.422. The summed E-state index contributed by atoms with van der Waals surface area (Å²) in [6.07, 6.45) is 2.26. The Morgan fingerprint density at radius 1 is 1.14 bits per heavy atom. The topological polar surface area (TPSA) is 35.5 Å². The minimum atomic E-state index is -0.191. The van der Waals surface area contributed by atoms with Crippen LogP contribution in [0.2, 0.25) is 0 Å². The second-order valence-electron chi connectivity index (χ2n) is 5.16. The van der Waals surface area contributed by atoms with E-state index in [0.717, 1.165) is 35.1 Å². The van der Waals surface area contributed by atoms with Crippen molar-refractivity contribution < 1.29 is 14.3 Å². The van der Waals surface area contributed by atoms with Crippen LogP contribution in [0.3, 0.4) is 0 Å². The summed E-state index contributed by atoms with van der Waals surface area (Å²) in [4.78, 5) is 12.1. The summed E-state index contributed by atoms with van der Waals surface area (Å²) in [5, 5.41) is 1.94. The minimum Gasteiger partial charge on any atom is -0.497 e. The zero-order valence-electron chi connectivity index (χ0n) is 13.3. The van der Waals surface area contributed by atoms with E-state index in [0.29, 0.717) is 5.75 Å². The number of thioether (sulfide) groups is 1. The maximum Gasteiger partial charge on any atom is 0.324 e.